The van der Waals surface area contributed by atoms with Gasteiger partial charge in [0.05, 0.1) is 11.6 Å². The van der Waals surface area contributed by atoms with E-state index in [4.69, 9.17) is 9.72 Å². The monoisotopic (exact) mass is 372 g/mol. The van der Waals surface area contributed by atoms with E-state index in [2.05, 4.69) is 21.9 Å². The van der Waals surface area contributed by atoms with Crippen molar-refractivity contribution in [1.82, 2.24) is 24.6 Å². The average Bonchev–Trinajstić information content (AvgIpc) is 3.26. The van der Waals surface area contributed by atoms with Gasteiger partial charge in [-0.15, -0.1) is 0 Å². The first kappa shape index (κ1) is 18.2. The molecule has 2 aromatic rings. The van der Waals surface area contributed by atoms with Crippen LogP contribution in [0.2, 0.25) is 0 Å². The molecular weight excluding hydrogens is 344 g/mol. The van der Waals surface area contributed by atoms with Crippen LogP contribution in [0.5, 0.6) is 0 Å². The topological polar surface area (TPSA) is 76.4 Å². The molecule has 2 aliphatic heterocycles. The van der Waals surface area contributed by atoms with Crippen LogP contribution in [0.1, 0.15) is 38.4 Å². The summed E-state index contributed by atoms with van der Waals surface area (Å²) in [6, 6.07) is 0. The summed E-state index contributed by atoms with van der Waals surface area (Å²) in [6.07, 6.45) is 6.22. The number of rotatable bonds is 4. The minimum atomic E-state index is -0.239. The van der Waals surface area contributed by atoms with E-state index in [1.807, 2.05) is 22.8 Å². The number of fused-ring (bicyclic) bond motifs is 1. The maximum absolute atomic E-state index is 12.7. The van der Waals surface area contributed by atoms with Crippen LogP contribution >= 0.6 is 0 Å². The number of aryl methyl sites for hydroxylation is 2. The summed E-state index contributed by atoms with van der Waals surface area (Å²) in [5.41, 5.74) is 0.875. The fraction of sp³-hybridized carbons (Fsp3) is 0.684. The number of nitrogens with zero attached hydrogens (tertiary/aromatic N) is 6. The van der Waals surface area contributed by atoms with Crippen LogP contribution in [0, 0.1) is 0 Å². The number of amides is 1. The highest BCUT2D eigenvalue weighted by Gasteiger charge is 2.30. The lowest BCUT2D eigenvalue weighted by molar-refractivity contribution is -0.140. The Labute approximate surface area is 159 Å². The van der Waals surface area contributed by atoms with Gasteiger partial charge in [-0.1, -0.05) is 6.92 Å². The van der Waals surface area contributed by atoms with E-state index >= 15 is 0 Å². The second-order valence-corrected chi connectivity index (χ2v) is 7.39. The molecule has 0 bridgehead atoms. The van der Waals surface area contributed by atoms with E-state index in [-0.39, 0.29) is 12.0 Å². The molecule has 1 amide bonds. The van der Waals surface area contributed by atoms with Crippen LogP contribution in [0.3, 0.4) is 0 Å². The lowest BCUT2D eigenvalue weighted by Crippen LogP contribution is -2.41. The molecule has 8 heteroatoms. The highest BCUT2D eigenvalue weighted by Crippen LogP contribution is 2.25. The van der Waals surface area contributed by atoms with Crippen molar-refractivity contribution < 1.29 is 9.53 Å². The smallest absolute Gasteiger partial charge is 0.251 e. The molecule has 2 aliphatic rings. The van der Waals surface area contributed by atoms with Crippen molar-refractivity contribution in [2.45, 2.75) is 45.1 Å². The first-order valence-electron chi connectivity index (χ1n) is 10.0. The predicted octanol–water partition coefficient (Wildman–Crippen LogP) is 1.53. The molecule has 1 unspecified atom stereocenters. The second kappa shape index (κ2) is 7.80. The highest BCUT2D eigenvalue weighted by atomic mass is 16.5. The summed E-state index contributed by atoms with van der Waals surface area (Å²) >= 11 is 0. The summed E-state index contributed by atoms with van der Waals surface area (Å²) < 4.78 is 7.40. The van der Waals surface area contributed by atoms with Crippen molar-refractivity contribution in [1.29, 1.82) is 0 Å². The van der Waals surface area contributed by atoms with Gasteiger partial charge >= 0.3 is 0 Å². The minimum absolute atomic E-state index is 0.148. The Morgan fingerprint density at radius 2 is 2.11 bits per heavy atom. The number of carbonyl (C=O) groups is 1. The molecule has 8 nitrogen and oxygen atoms in total. The molecule has 2 saturated heterocycles. The zero-order chi connectivity index (χ0) is 18.8. The molecule has 0 aromatic carbocycles. The van der Waals surface area contributed by atoms with E-state index in [0.717, 1.165) is 74.4 Å². The van der Waals surface area contributed by atoms with Crippen molar-refractivity contribution >= 4 is 22.8 Å². The molecule has 4 heterocycles. The normalized spacial score (nSPS) is 21.0. The van der Waals surface area contributed by atoms with Crippen molar-refractivity contribution in [3.05, 3.63) is 12.0 Å². The Hall–Kier alpha value is -2.22. The molecule has 27 heavy (non-hydrogen) atoms. The van der Waals surface area contributed by atoms with Gasteiger partial charge in [0.25, 0.3) is 5.91 Å². The van der Waals surface area contributed by atoms with Gasteiger partial charge in [-0.05, 0) is 25.7 Å². The van der Waals surface area contributed by atoms with Gasteiger partial charge in [0.2, 0.25) is 0 Å². The minimum Gasteiger partial charge on any atom is -0.368 e. The maximum atomic E-state index is 12.7. The van der Waals surface area contributed by atoms with Gasteiger partial charge in [0.1, 0.15) is 17.7 Å². The number of anilines is 1. The molecule has 0 aliphatic carbocycles. The van der Waals surface area contributed by atoms with E-state index in [1.165, 1.54) is 0 Å². The number of hydrogen-bond acceptors (Lipinski definition) is 6. The maximum Gasteiger partial charge on any atom is 0.251 e. The van der Waals surface area contributed by atoms with Gasteiger partial charge < -0.3 is 14.5 Å². The molecule has 1 atom stereocenters. The van der Waals surface area contributed by atoms with Crippen LogP contribution in [-0.2, 0) is 23.0 Å². The summed E-state index contributed by atoms with van der Waals surface area (Å²) in [5, 5.41) is 5.36. The zero-order valence-electron chi connectivity index (χ0n) is 16.2. The molecule has 0 radical (unpaired) electrons. The molecule has 2 aromatic heterocycles. The SMILES string of the molecule is CCCc1nc(N2CCCN(C(=O)C3CCCO3)CC2)c2cnn(C)c2n1. The molecular formula is C19H28N6O2. The van der Waals surface area contributed by atoms with Gasteiger partial charge in [-0.3, -0.25) is 9.48 Å². The average molecular weight is 372 g/mol. The summed E-state index contributed by atoms with van der Waals surface area (Å²) in [7, 11) is 1.92. The Balaban J connectivity index is 1.56. The fourth-order valence-electron chi connectivity index (χ4n) is 3.95. The Morgan fingerprint density at radius 3 is 2.89 bits per heavy atom. The van der Waals surface area contributed by atoms with Crippen molar-refractivity contribution in [2.24, 2.45) is 7.05 Å². The lowest BCUT2D eigenvalue weighted by Gasteiger charge is -2.25. The first-order valence-corrected chi connectivity index (χ1v) is 10.0. The van der Waals surface area contributed by atoms with Crippen LogP contribution in [0.15, 0.2) is 6.20 Å². The van der Waals surface area contributed by atoms with E-state index in [1.54, 1.807) is 0 Å². The third-order valence-electron chi connectivity index (χ3n) is 5.40. The van der Waals surface area contributed by atoms with E-state index < -0.39 is 0 Å². The second-order valence-electron chi connectivity index (χ2n) is 7.39. The van der Waals surface area contributed by atoms with Crippen molar-refractivity contribution in [3.8, 4) is 0 Å². The standard InChI is InChI=1S/C19H28N6O2/c1-3-6-16-21-17-14(13-20-23(17)2)18(22-16)24-8-5-9-25(11-10-24)19(26)15-7-4-12-27-15/h13,15H,3-12H2,1-2H3. The van der Waals surface area contributed by atoms with Crippen LogP contribution in [0.25, 0.3) is 11.0 Å². The summed E-state index contributed by atoms with van der Waals surface area (Å²) in [4.78, 5) is 26.5. The number of aromatic nitrogens is 4. The van der Waals surface area contributed by atoms with Gasteiger partial charge in [-0.2, -0.15) is 5.10 Å². The summed E-state index contributed by atoms with van der Waals surface area (Å²) in [6.45, 7) is 5.96. The predicted molar refractivity (Wildman–Crippen MR) is 103 cm³/mol. The first-order chi connectivity index (χ1) is 13.2. The molecule has 0 N–H and O–H groups in total. The van der Waals surface area contributed by atoms with Gasteiger partial charge in [0.15, 0.2) is 5.65 Å². The molecule has 0 saturated carbocycles. The number of carbonyl (C=O) groups excluding carboxylic acids is 1. The van der Waals surface area contributed by atoms with E-state index in [0.29, 0.717) is 13.2 Å². The molecule has 0 spiro atoms. The number of ether oxygens (including phenoxy) is 1. The van der Waals surface area contributed by atoms with E-state index in [9.17, 15) is 4.79 Å². The fourth-order valence-corrected chi connectivity index (χ4v) is 3.95. The van der Waals surface area contributed by atoms with Crippen LogP contribution in [-0.4, -0.2) is 69.4 Å². The Kier molecular flexibility index (Phi) is 5.24. The Bertz CT molecular complexity index is 814. The third-order valence-corrected chi connectivity index (χ3v) is 5.40. The van der Waals surface area contributed by atoms with Crippen molar-refractivity contribution in [3.63, 3.8) is 0 Å². The van der Waals surface area contributed by atoms with Crippen LogP contribution in [0.4, 0.5) is 5.82 Å². The molecule has 2 fully saturated rings. The lowest BCUT2D eigenvalue weighted by atomic mass is 10.2. The van der Waals surface area contributed by atoms with Crippen LogP contribution < -0.4 is 4.90 Å². The van der Waals surface area contributed by atoms with Gasteiger partial charge in [-0.25, -0.2) is 9.97 Å². The molecule has 4 rings (SSSR count). The highest BCUT2D eigenvalue weighted by molar-refractivity contribution is 5.87. The number of hydrogen-bond donors (Lipinski definition) is 0. The third kappa shape index (κ3) is 3.63. The van der Waals surface area contributed by atoms with Gasteiger partial charge in [0, 0.05) is 46.3 Å². The largest absolute Gasteiger partial charge is 0.368 e. The quantitative estimate of drug-likeness (QED) is 0.810. The summed E-state index contributed by atoms with van der Waals surface area (Å²) in [5.74, 6) is 1.96. The van der Waals surface area contributed by atoms with Crippen molar-refractivity contribution in [2.75, 3.05) is 37.7 Å². The molecule has 146 valence electrons. The zero-order valence-corrected chi connectivity index (χ0v) is 16.2. The Morgan fingerprint density at radius 1 is 1.22 bits per heavy atom.